The lowest BCUT2D eigenvalue weighted by molar-refractivity contribution is -0.137. The maximum absolute atomic E-state index is 13.1. The number of carbonyl (C=O) groups excluding carboxylic acids is 1. The van der Waals surface area contributed by atoms with Gasteiger partial charge < -0.3 is 10.1 Å². The number of rotatable bonds is 8. The lowest BCUT2D eigenvalue weighted by Crippen LogP contribution is -2.41. The van der Waals surface area contributed by atoms with Gasteiger partial charge in [-0.05, 0) is 50.5 Å². The Kier molecular flexibility index (Phi) is 6.73. The van der Waals surface area contributed by atoms with Crippen LogP contribution < -0.4 is 14.8 Å². The molecule has 0 spiro atoms. The Morgan fingerprint density at radius 3 is 2.50 bits per heavy atom. The van der Waals surface area contributed by atoms with Crippen molar-refractivity contribution in [3.8, 4) is 16.9 Å². The van der Waals surface area contributed by atoms with Crippen LogP contribution in [0, 0.1) is 0 Å². The normalized spacial score (nSPS) is 14.4. The van der Waals surface area contributed by atoms with Crippen LogP contribution in [0.5, 0.6) is 5.75 Å². The summed E-state index contributed by atoms with van der Waals surface area (Å²) in [6.45, 7) is 3.43. The van der Waals surface area contributed by atoms with Gasteiger partial charge in [0.2, 0.25) is 10.0 Å². The second-order valence-corrected chi connectivity index (χ2v) is 11.7. The number of sulfonamides is 1. The second kappa shape index (κ2) is 9.36. The van der Waals surface area contributed by atoms with E-state index in [1.54, 1.807) is 19.2 Å². The number of halogens is 3. The molecule has 1 aliphatic rings. The molecule has 8 nitrogen and oxygen atoms in total. The van der Waals surface area contributed by atoms with Crippen LogP contribution in [0.1, 0.15) is 48.3 Å². The number of amides is 1. The van der Waals surface area contributed by atoms with Crippen LogP contribution in [0.3, 0.4) is 0 Å². The Labute approximate surface area is 210 Å². The quantitative estimate of drug-likeness (QED) is 0.425. The van der Waals surface area contributed by atoms with Gasteiger partial charge in [0.15, 0.2) is 5.13 Å². The van der Waals surface area contributed by atoms with Crippen LogP contribution in [-0.2, 0) is 21.7 Å². The van der Waals surface area contributed by atoms with Gasteiger partial charge in [-0.15, -0.1) is 11.3 Å². The summed E-state index contributed by atoms with van der Waals surface area (Å²) in [7, 11) is -2.11. The molecule has 0 bridgehead atoms. The van der Waals surface area contributed by atoms with Crippen molar-refractivity contribution in [2.45, 2.75) is 43.7 Å². The first-order chi connectivity index (χ1) is 16.8. The molecule has 0 saturated heterocycles. The predicted octanol–water partition coefficient (Wildman–Crippen LogP) is 4.80. The van der Waals surface area contributed by atoms with Gasteiger partial charge in [-0.2, -0.15) is 13.2 Å². The smallest absolute Gasteiger partial charge is 0.417 e. The Hall–Kier alpha value is -3.19. The van der Waals surface area contributed by atoms with E-state index >= 15 is 0 Å². The molecular weight excluding hydrogens is 517 g/mol. The third-order valence-electron chi connectivity index (χ3n) is 5.61. The highest BCUT2D eigenvalue weighted by Crippen LogP contribution is 2.34. The van der Waals surface area contributed by atoms with E-state index in [4.69, 9.17) is 4.74 Å². The fourth-order valence-corrected chi connectivity index (χ4v) is 5.89. The molecule has 2 aromatic heterocycles. The number of nitrogens with one attached hydrogen (secondary N) is 2. The first-order valence-electron chi connectivity index (χ1n) is 10.8. The molecule has 36 heavy (non-hydrogen) atoms. The third kappa shape index (κ3) is 5.62. The van der Waals surface area contributed by atoms with Gasteiger partial charge in [-0.1, -0.05) is 6.07 Å². The van der Waals surface area contributed by atoms with E-state index in [1.165, 1.54) is 31.5 Å². The van der Waals surface area contributed by atoms with Gasteiger partial charge in [-0.25, -0.2) is 13.4 Å². The molecule has 2 heterocycles. The van der Waals surface area contributed by atoms with E-state index < -0.39 is 33.2 Å². The summed E-state index contributed by atoms with van der Waals surface area (Å²) in [6.07, 6.45) is -1.25. The fraction of sp³-hybridized carbons (Fsp3) is 0.348. The highest BCUT2D eigenvalue weighted by atomic mass is 32.2. The number of benzene rings is 1. The number of anilines is 1. The molecule has 0 aliphatic heterocycles. The van der Waals surface area contributed by atoms with Crippen LogP contribution in [0.2, 0.25) is 0 Å². The average molecular weight is 541 g/mol. The van der Waals surface area contributed by atoms with Crippen molar-refractivity contribution < 1.29 is 31.1 Å². The van der Waals surface area contributed by atoms with E-state index in [1.807, 2.05) is 0 Å². The van der Waals surface area contributed by atoms with Crippen molar-refractivity contribution in [3.63, 3.8) is 0 Å². The maximum atomic E-state index is 13.1. The van der Waals surface area contributed by atoms with Gasteiger partial charge in [-0.3, -0.25) is 14.5 Å². The summed E-state index contributed by atoms with van der Waals surface area (Å²) in [6, 6.07) is 5.40. The maximum Gasteiger partial charge on any atom is 0.417 e. The number of methoxy groups -OCH3 is 1. The van der Waals surface area contributed by atoms with E-state index in [-0.39, 0.29) is 27.3 Å². The molecule has 2 N–H and O–H groups in total. The van der Waals surface area contributed by atoms with Gasteiger partial charge in [0.05, 0.1) is 34.7 Å². The lowest BCUT2D eigenvalue weighted by atomic mass is 9.99. The standard InChI is InChI=1S/C23H23F3N4O4S2/c1-22(2,19-12-35-21(28-19)30-36(32,33)16-5-6-16)29-20(31)17-7-4-13(9-18(17)34-3)14-8-15(11-27-10-14)23(24,25)26/h4,7-12,16H,5-6H2,1-3H3,(H,28,30)(H,29,31). The molecule has 1 aliphatic carbocycles. The van der Waals surface area contributed by atoms with Gasteiger partial charge >= 0.3 is 6.18 Å². The number of aromatic nitrogens is 2. The molecular formula is C23H23F3N4O4S2. The minimum atomic E-state index is -4.54. The van der Waals surface area contributed by atoms with Crippen molar-refractivity contribution in [3.05, 3.63) is 58.9 Å². The zero-order valence-corrected chi connectivity index (χ0v) is 21.1. The molecule has 3 aromatic rings. The topological polar surface area (TPSA) is 110 Å². The van der Waals surface area contributed by atoms with Crippen LogP contribution >= 0.6 is 11.3 Å². The minimum Gasteiger partial charge on any atom is -0.496 e. The average Bonchev–Trinajstić information content (AvgIpc) is 3.58. The summed E-state index contributed by atoms with van der Waals surface area (Å²) in [5.41, 5.74) is -0.609. The molecule has 0 unspecified atom stereocenters. The Morgan fingerprint density at radius 2 is 1.86 bits per heavy atom. The molecule has 4 rings (SSSR count). The van der Waals surface area contributed by atoms with Gasteiger partial charge in [0.25, 0.3) is 5.91 Å². The van der Waals surface area contributed by atoms with E-state index in [9.17, 15) is 26.4 Å². The summed E-state index contributed by atoms with van der Waals surface area (Å²) in [4.78, 5) is 21.1. The Morgan fingerprint density at radius 1 is 1.14 bits per heavy atom. The molecule has 0 atom stereocenters. The lowest BCUT2D eigenvalue weighted by Gasteiger charge is -2.25. The largest absolute Gasteiger partial charge is 0.496 e. The zero-order chi connectivity index (χ0) is 26.3. The monoisotopic (exact) mass is 540 g/mol. The molecule has 192 valence electrons. The summed E-state index contributed by atoms with van der Waals surface area (Å²) < 4.78 is 71.3. The fourth-order valence-electron chi connectivity index (χ4n) is 3.42. The number of carbonyl (C=O) groups is 1. The SMILES string of the molecule is COc1cc(-c2cncc(C(F)(F)F)c2)ccc1C(=O)NC(C)(C)c1csc(NS(=O)(=O)C2CC2)n1. The van der Waals surface area contributed by atoms with E-state index in [2.05, 4.69) is 20.0 Å². The first kappa shape index (κ1) is 25.9. The second-order valence-electron chi connectivity index (χ2n) is 8.84. The van der Waals surface area contributed by atoms with Gasteiger partial charge in [0.1, 0.15) is 5.75 Å². The third-order valence-corrected chi connectivity index (χ3v) is 8.32. The summed E-state index contributed by atoms with van der Waals surface area (Å²) in [5, 5.41) is 4.34. The number of thiazole rings is 1. The molecule has 1 fully saturated rings. The van der Waals surface area contributed by atoms with Crippen LogP contribution in [0.25, 0.3) is 11.1 Å². The van der Waals surface area contributed by atoms with Gasteiger partial charge in [0, 0.05) is 23.3 Å². The van der Waals surface area contributed by atoms with Crippen molar-refractivity contribution in [1.82, 2.24) is 15.3 Å². The van der Waals surface area contributed by atoms with E-state index in [0.717, 1.165) is 23.6 Å². The summed E-state index contributed by atoms with van der Waals surface area (Å²) >= 11 is 1.12. The highest BCUT2D eigenvalue weighted by molar-refractivity contribution is 7.93. The summed E-state index contributed by atoms with van der Waals surface area (Å²) in [5.74, 6) is -0.340. The van der Waals surface area contributed by atoms with Crippen LogP contribution in [0.4, 0.5) is 18.3 Å². The number of ether oxygens (including phenoxy) is 1. The predicted molar refractivity (Wildman–Crippen MR) is 129 cm³/mol. The highest BCUT2D eigenvalue weighted by Gasteiger charge is 2.37. The van der Waals surface area contributed by atoms with Crippen molar-refractivity contribution in [1.29, 1.82) is 0 Å². The van der Waals surface area contributed by atoms with Crippen molar-refractivity contribution >= 4 is 32.4 Å². The van der Waals surface area contributed by atoms with Crippen molar-refractivity contribution in [2.24, 2.45) is 0 Å². The minimum absolute atomic E-state index is 0.161. The van der Waals surface area contributed by atoms with Crippen LogP contribution in [0.15, 0.2) is 42.0 Å². The number of pyridine rings is 1. The number of hydrogen-bond donors (Lipinski definition) is 2. The zero-order valence-electron chi connectivity index (χ0n) is 19.5. The van der Waals surface area contributed by atoms with Crippen LogP contribution in [-0.4, -0.2) is 36.7 Å². The Balaban J connectivity index is 1.53. The first-order valence-corrected chi connectivity index (χ1v) is 13.2. The molecule has 1 saturated carbocycles. The molecule has 1 amide bonds. The molecule has 13 heteroatoms. The molecule has 0 radical (unpaired) electrons. The Bertz CT molecular complexity index is 1400. The van der Waals surface area contributed by atoms with E-state index in [0.29, 0.717) is 24.1 Å². The molecule has 1 aromatic carbocycles. The number of alkyl halides is 3. The number of hydrogen-bond acceptors (Lipinski definition) is 7. The number of nitrogens with zero attached hydrogens (tertiary/aromatic N) is 2. The van der Waals surface area contributed by atoms with Crippen molar-refractivity contribution in [2.75, 3.05) is 11.8 Å².